The van der Waals surface area contributed by atoms with Gasteiger partial charge in [-0.05, 0) is 6.07 Å². The molecule has 0 saturated carbocycles. The van der Waals surface area contributed by atoms with Gasteiger partial charge in [0, 0.05) is 29.8 Å². The van der Waals surface area contributed by atoms with Crippen molar-refractivity contribution in [3.05, 3.63) is 18.0 Å². The Kier molecular flexibility index (Phi) is 3.30. The van der Waals surface area contributed by atoms with Crippen LogP contribution in [0.4, 0.5) is 5.95 Å². The lowest BCUT2D eigenvalue weighted by Crippen LogP contribution is -2.41. The summed E-state index contributed by atoms with van der Waals surface area (Å²) in [6.45, 7) is 6.32. The Morgan fingerprint density at radius 1 is 1.44 bits per heavy atom. The van der Waals surface area contributed by atoms with Crippen LogP contribution in [-0.2, 0) is 0 Å². The van der Waals surface area contributed by atoms with Crippen molar-refractivity contribution >= 4 is 17.7 Å². The average Bonchev–Trinajstić information content (AvgIpc) is 2.28. The van der Waals surface area contributed by atoms with E-state index in [4.69, 9.17) is 5.26 Å². The Hall–Kier alpha value is -1.28. The summed E-state index contributed by atoms with van der Waals surface area (Å²) >= 11 is 1.99. The number of anilines is 1. The first kappa shape index (κ1) is 11.2. The molecule has 0 N–H and O–H groups in total. The molecule has 0 bridgehead atoms. The predicted octanol–water partition coefficient (Wildman–Crippen LogP) is 1.68. The third-order valence-electron chi connectivity index (χ3n) is 2.46. The number of nitrogens with zero attached hydrogens (tertiary/aromatic N) is 4. The normalized spacial score (nSPS) is 25.2. The van der Waals surface area contributed by atoms with Crippen molar-refractivity contribution in [1.29, 1.82) is 5.26 Å². The van der Waals surface area contributed by atoms with Gasteiger partial charge in [0.25, 0.3) is 0 Å². The Morgan fingerprint density at radius 2 is 2.12 bits per heavy atom. The molecule has 5 heteroatoms. The van der Waals surface area contributed by atoms with Crippen molar-refractivity contribution < 1.29 is 0 Å². The van der Waals surface area contributed by atoms with E-state index in [1.165, 1.54) is 0 Å². The lowest BCUT2D eigenvalue weighted by molar-refractivity contribution is 0.706. The second kappa shape index (κ2) is 4.71. The molecule has 0 radical (unpaired) electrons. The minimum absolute atomic E-state index is 0.434. The zero-order chi connectivity index (χ0) is 11.5. The van der Waals surface area contributed by atoms with Crippen LogP contribution in [0.15, 0.2) is 12.3 Å². The molecule has 1 fully saturated rings. The number of hydrogen-bond acceptors (Lipinski definition) is 5. The summed E-state index contributed by atoms with van der Waals surface area (Å²) in [6.07, 6.45) is 1.65. The van der Waals surface area contributed by atoms with Crippen LogP contribution in [0.5, 0.6) is 0 Å². The van der Waals surface area contributed by atoms with E-state index in [1.54, 1.807) is 12.3 Å². The Balaban J connectivity index is 2.20. The quantitative estimate of drug-likeness (QED) is 0.740. The van der Waals surface area contributed by atoms with E-state index in [-0.39, 0.29) is 0 Å². The molecular weight excluding hydrogens is 220 g/mol. The summed E-state index contributed by atoms with van der Waals surface area (Å²) in [5.41, 5.74) is 0.434. The van der Waals surface area contributed by atoms with Crippen LogP contribution < -0.4 is 4.90 Å². The molecular formula is C11H14N4S. The van der Waals surface area contributed by atoms with E-state index in [0.29, 0.717) is 22.1 Å². The summed E-state index contributed by atoms with van der Waals surface area (Å²) in [4.78, 5) is 10.6. The van der Waals surface area contributed by atoms with E-state index in [2.05, 4.69) is 28.7 Å². The van der Waals surface area contributed by atoms with Crippen molar-refractivity contribution in [2.75, 3.05) is 18.0 Å². The number of hydrogen-bond donors (Lipinski definition) is 0. The van der Waals surface area contributed by atoms with Gasteiger partial charge in [-0.1, -0.05) is 13.8 Å². The summed E-state index contributed by atoms with van der Waals surface area (Å²) in [6, 6.07) is 3.68. The van der Waals surface area contributed by atoms with E-state index < -0.39 is 0 Å². The molecule has 84 valence electrons. The fourth-order valence-electron chi connectivity index (χ4n) is 1.90. The van der Waals surface area contributed by atoms with Gasteiger partial charge in [0.2, 0.25) is 5.95 Å². The summed E-state index contributed by atoms with van der Waals surface area (Å²) < 4.78 is 0. The summed E-state index contributed by atoms with van der Waals surface area (Å²) in [5, 5.41) is 9.96. The second-order valence-electron chi connectivity index (χ2n) is 4.02. The maximum Gasteiger partial charge on any atom is 0.226 e. The Labute approximate surface area is 99.7 Å². The van der Waals surface area contributed by atoms with Crippen LogP contribution in [-0.4, -0.2) is 33.6 Å². The first-order valence-electron chi connectivity index (χ1n) is 5.32. The van der Waals surface area contributed by atoms with Gasteiger partial charge in [-0.2, -0.15) is 17.0 Å². The molecule has 1 aromatic rings. The summed E-state index contributed by atoms with van der Waals surface area (Å²) in [5.74, 6) is 0.679. The fourth-order valence-corrected chi connectivity index (χ4v) is 3.23. The maximum absolute atomic E-state index is 8.80. The van der Waals surface area contributed by atoms with Gasteiger partial charge in [0.1, 0.15) is 11.8 Å². The van der Waals surface area contributed by atoms with Crippen molar-refractivity contribution in [3.8, 4) is 6.07 Å². The highest BCUT2D eigenvalue weighted by Crippen LogP contribution is 2.26. The minimum Gasteiger partial charge on any atom is -0.339 e. The highest BCUT2D eigenvalue weighted by Gasteiger charge is 2.23. The number of rotatable bonds is 1. The molecule has 2 unspecified atom stereocenters. The van der Waals surface area contributed by atoms with Crippen LogP contribution in [0.2, 0.25) is 0 Å². The number of aromatic nitrogens is 2. The van der Waals surface area contributed by atoms with E-state index >= 15 is 0 Å². The van der Waals surface area contributed by atoms with Gasteiger partial charge in [0.15, 0.2) is 0 Å². The highest BCUT2D eigenvalue weighted by molar-refractivity contribution is 8.00. The lowest BCUT2D eigenvalue weighted by Gasteiger charge is -2.34. The third-order valence-corrected chi connectivity index (χ3v) is 3.69. The summed E-state index contributed by atoms with van der Waals surface area (Å²) in [7, 11) is 0. The van der Waals surface area contributed by atoms with E-state index in [0.717, 1.165) is 13.1 Å². The average molecular weight is 234 g/mol. The van der Waals surface area contributed by atoms with Gasteiger partial charge in [-0.15, -0.1) is 0 Å². The van der Waals surface area contributed by atoms with Gasteiger partial charge in [-0.3, -0.25) is 0 Å². The third kappa shape index (κ3) is 2.45. The zero-order valence-electron chi connectivity index (χ0n) is 9.42. The number of thioether (sulfide) groups is 1. The van der Waals surface area contributed by atoms with Gasteiger partial charge < -0.3 is 4.90 Å². The molecule has 2 heterocycles. The molecule has 2 rings (SSSR count). The molecule has 0 aliphatic carbocycles. The van der Waals surface area contributed by atoms with Crippen molar-refractivity contribution in [1.82, 2.24) is 9.97 Å². The minimum atomic E-state index is 0.434. The molecule has 0 spiro atoms. The Bertz CT molecular complexity index is 405. The standard InChI is InChI=1S/C11H14N4S/c1-8-6-15(7-9(2)16-8)11-13-4-3-10(5-12)14-11/h3-4,8-9H,6-7H2,1-2H3. The molecule has 1 aliphatic heterocycles. The topological polar surface area (TPSA) is 52.8 Å². The van der Waals surface area contributed by atoms with Crippen LogP contribution in [0.1, 0.15) is 19.5 Å². The van der Waals surface area contributed by atoms with Gasteiger partial charge >= 0.3 is 0 Å². The van der Waals surface area contributed by atoms with Gasteiger partial charge in [0.05, 0.1) is 0 Å². The van der Waals surface area contributed by atoms with Crippen LogP contribution >= 0.6 is 11.8 Å². The molecule has 16 heavy (non-hydrogen) atoms. The fraction of sp³-hybridized carbons (Fsp3) is 0.545. The smallest absolute Gasteiger partial charge is 0.226 e. The predicted molar refractivity (Wildman–Crippen MR) is 65.5 cm³/mol. The molecule has 1 aliphatic rings. The molecule has 2 atom stereocenters. The van der Waals surface area contributed by atoms with Crippen LogP contribution in [0.25, 0.3) is 0 Å². The molecule has 1 saturated heterocycles. The first-order chi connectivity index (χ1) is 7.69. The molecule has 0 aromatic carbocycles. The van der Waals surface area contributed by atoms with E-state index in [9.17, 15) is 0 Å². The second-order valence-corrected chi connectivity index (χ2v) is 5.90. The maximum atomic E-state index is 8.80. The number of nitriles is 1. The SMILES string of the molecule is CC1CN(c2nccc(C#N)n2)CC(C)S1. The highest BCUT2D eigenvalue weighted by atomic mass is 32.2. The van der Waals surface area contributed by atoms with Crippen LogP contribution in [0.3, 0.4) is 0 Å². The lowest BCUT2D eigenvalue weighted by atomic mass is 10.3. The van der Waals surface area contributed by atoms with Crippen LogP contribution in [0, 0.1) is 11.3 Å². The van der Waals surface area contributed by atoms with Crippen molar-refractivity contribution in [3.63, 3.8) is 0 Å². The monoisotopic (exact) mass is 234 g/mol. The zero-order valence-corrected chi connectivity index (χ0v) is 10.2. The van der Waals surface area contributed by atoms with E-state index in [1.807, 2.05) is 17.8 Å². The Morgan fingerprint density at radius 3 is 2.75 bits per heavy atom. The molecule has 1 aromatic heterocycles. The van der Waals surface area contributed by atoms with Gasteiger partial charge in [-0.25, -0.2) is 9.97 Å². The largest absolute Gasteiger partial charge is 0.339 e. The molecule has 0 amide bonds. The molecule has 4 nitrogen and oxygen atoms in total. The van der Waals surface area contributed by atoms with Crippen molar-refractivity contribution in [2.24, 2.45) is 0 Å². The van der Waals surface area contributed by atoms with Crippen molar-refractivity contribution in [2.45, 2.75) is 24.3 Å². The first-order valence-corrected chi connectivity index (χ1v) is 6.27.